The molecular formula is C25H23FN6O4. The van der Waals surface area contributed by atoms with E-state index in [-0.39, 0.29) is 19.7 Å². The third kappa shape index (κ3) is 3.50. The number of benzene rings is 1. The molecule has 1 aliphatic carbocycles. The summed E-state index contributed by atoms with van der Waals surface area (Å²) in [6, 6.07) is 5.46. The van der Waals surface area contributed by atoms with Crippen LogP contribution in [-0.4, -0.2) is 62.1 Å². The highest BCUT2D eigenvalue weighted by Gasteiger charge is 2.56. The van der Waals surface area contributed by atoms with Gasteiger partial charge in [0.05, 0.1) is 18.4 Å². The fraction of sp³-hybridized carbons (Fsp3) is 0.320. The average molecular weight is 490 g/mol. The van der Waals surface area contributed by atoms with Gasteiger partial charge in [-0.25, -0.2) is 9.18 Å². The number of nitrogens with zero attached hydrogens (tertiary/aromatic N) is 5. The van der Waals surface area contributed by atoms with Crippen LogP contribution in [0.4, 0.5) is 9.18 Å². The van der Waals surface area contributed by atoms with Crippen molar-refractivity contribution in [1.82, 2.24) is 29.9 Å². The van der Waals surface area contributed by atoms with Crippen molar-refractivity contribution in [3.05, 3.63) is 65.4 Å². The largest absolute Gasteiger partial charge is 0.491 e. The SMILES string of the molecule is Cn1cc(-c2cc3c(cn2)C2(CC3)NC(=O)N(CC(=O)N3CCOc4ccc(F)cc4C3)C2=O)cn1. The smallest absolute Gasteiger partial charge is 0.325 e. The highest BCUT2D eigenvalue weighted by atomic mass is 19.1. The van der Waals surface area contributed by atoms with Gasteiger partial charge in [0, 0.05) is 42.7 Å². The van der Waals surface area contributed by atoms with Crippen LogP contribution in [0.1, 0.15) is 23.1 Å². The molecule has 1 fully saturated rings. The van der Waals surface area contributed by atoms with E-state index in [0.717, 1.165) is 21.7 Å². The number of halogens is 1. The van der Waals surface area contributed by atoms with Crippen LogP contribution < -0.4 is 10.1 Å². The molecule has 2 aromatic heterocycles. The predicted octanol–water partition coefficient (Wildman–Crippen LogP) is 1.74. The van der Waals surface area contributed by atoms with Crippen molar-refractivity contribution in [2.75, 3.05) is 19.7 Å². The second-order valence-electron chi connectivity index (χ2n) is 9.27. The lowest BCUT2D eigenvalue weighted by atomic mass is 9.92. The molecule has 1 spiro atoms. The zero-order valence-corrected chi connectivity index (χ0v) is 19.5. The summed E-state index contributed by atoms with van der Waals surface area (Å²) in [6.07, 6.45) is 6.18. The third-order valence-corrected chi connectivity index (χ3v) is 7.04. The minimum atomic E-state index is -1.23. The van der Waals surface area contributed by atoms with Crippen LogP contribution >= 0.6 is 0 Å². The number of rotatable bonds is 3. The maximum absolute atomic E-state index is 13.7. The molecule has 2 aliphatic heterocycles. The Hall–Kier alpha value is -4.28. The standard InChI is InChI=1S/C25H23FN6O4/c1-30-12-17(10-28-30)20-9-15-4-5-25(19(15)11-27-20)23(34)32(24(35)29-25)14-22(33)31-6-7-36-21-3-2-18(26)8-16(21)13-31/h2-3,8-12H,4-7,13-14H2,1H3,(H,29,35). The number of carbonyl (C=O) groups excluding carboxylic acids is 3. The summed E-state index contributed by atoms with van der Waals surface area (Å²) in [6.45, 7) is 0.207. The lowest BCUT2D eigenvalue weighted by molar-refractivity contribution is -0.139. The van der Waals surface area contributed by atoms with Crippen molar-refractivity contribution in [3.63, 3.8) is 0 Å². The molecule has 3 aliphatic rings. The number of aryl methyl sites for hydroxylation is 2. The van der Waals surface area contributed by atoms with E-state index in [1.807, 2.05) is 19.3 Å². The van der Waals surface area contributed by atoms with Crippen molar-refractivity contribution >= 4 is 17.8 Å². The van der Waals surface area contributed by atoms with Gasteiger partial charge in [-0.3, -0.25) is 24.2 Å². The van der Waals surface area contributed by atoms with Crippen molar-refractivity contribution in [1.29, 1.82) is 0 Å². The van der Waals surface area contributed by atoms with E-state index in [4.69, 9.17) is 4.74 Å². The number of amides is 4. The fourth-order valence-corrected chi connectivity index (χ4v) is 5.19. The highest BCUT2D eigenvalue weighted by molar-refractivity contribution is 6.10. The van der Waals surface area contributed by atoms with Crippen LogP contribution in [0.15, 0.2) is 42.9 Å². The number of ether oxygens (including phenoxy) is 1. The van der Waals surface area contributed by atoms with Crippen molar-refractivity contribution in [3.8, 4) is 17.0 Å². The number of urea groups is 1. The van der Waals surface area contributed by atoms with Crippen LogP contribution in [0, 0.1) is 5.82 Å². The van der Waals surface area contributed by atoms with Gasteiger partial charge in [0.25, 0.3) is 5.91 Å². The van der Waals surface area contributed by atoms with E-state index < -0.39 is 35.7 Å². The van der Waals surface area contributed by atoms with Crippen LogP contribution in [0.3, 0.4) is 0 Å². The number of hydrogen-bond acceptors (Lipinski definition) is 6. The Morgan fingerprint density at radius 1 is 1.22 bits per heavy atom. The highest BCUT2D eigenvalue weighted by Crippen LogP contribution is 2.42. The number of pyridine rings is 1. The third-order valence-electron chi connectivity index (χ3n) is 7.04. The molecule has 1 N–H and O–H groups in total. The summed E-state index contributed by atoms with van der Waals surface area (Å²) in [5, 5.41) is 7.00. The molecule has 184 valence electrons. The first-order valence-corrected chi connectivity index (χ1v) is 11.7. The molecule has 4 heterocycles. The topological polar surface area (TPSA) is 110 Å². The van der Waals surface area contributed by atoms with Crippen molar-refractivity contribution in [2.24, 2.45) is 7.05 Å². The second kappa shape index (κ2) is 8.14. The molecule has 36 heavy (non-hydrogen) atoms. The molecule has 10 nitrogen and oxygen atoms in total. The van der Waals surface area contributed by atoms with E-state index >= 15 is 0 Å². The molecule has 6 rings (SSSR count). The molecule has 0 radical (unpaired) electrons. The molecule has 1 saturated heterocycles. The summed E-state index contributed by atoms with van der Waals surface area (Å²) in [4.78, 5) is 46.5. The van der Waals surface area contributed by atoms with E-state index in [1.54, 1.807) is 17.1 Å². The van der Waals surface area contributed by atoms with Gasteiger partial charge in [0.15, 0.2) is 0 Å². The lowest BCUT2D eigenvalue weighted by Gasteiger charge is -2.24. The predicted molar refractivity (Wildman–Crippen MR) is 124 cm³/mol. The lowest BCUT2D eigenvalue weighted by Crippen LogP contribution is -2.45. The Labute approximate surface area is 205 Å². The van der Waals surface area contributed by atoms with Gasteiger partial charge in [-0.05, 0) is 42.7 Å². The van der Waals surface area contributed by atoms with Gasteiger partial charge in [-0.2, -0.15) is 5.10 Å². The quantitative estimate of drug-likeness (QED) is 0.560. The molecule has 11 heteroatoms. The van der Waals surface area contributed by atoms with Crippen LogP contribution in [-0.2, 0) is 35.1 Å². The molecule has 1 aromatic carbocycles. The van der Waals surface area contributed by atoms with Gasteiger partial charge in [-0.15, -0.1) is 0 Å². The Morgan fingerprint density at radius 2 is 2.08 bits per heavy atom. The summed E-state index contributed by atoms with van der Waals surface area (Å²) in [5.74, 6) is -0.795. The van der Waals surface area contributed by atoms with Gasteiger partial charge in [-0.1, -0.05) is 0 Å². The first-order valence-electron chi connectivity index (χ1n) is 11.7. The number of carbonyl (C=O) groups is 3. The van der Waals surface area contributed by atoms with Gasteiger partial charge >= 0.3 is 6.03 Å². The molecule has 1 unspecified atom stereocenters. The van der Waals surface area contributed by atoms with Crippen molar-refractivity contribution in [2.45, 2.75) is 24.9 Å². The Balaban J connectivity index is 1.22. The monoisotopic (exact) mass is 490 g/mol. The molecule has 1 atom stereocenters. The molecule has 0 bridgehead atoms. The summed E-state index contributed by atoms with van der Waals surface area (Å²) >= 11 is 0. The minimum absolute atomic E-state index is 0.130. The molecule has 3 aromatic rings. The second-order valence-corrected chi connectivity index (χ2v) is 9.27. The summed E-state index contributed by atoms with van der Waals surface area (Å²) in [7, 11) is 1.82. The fourth-order valence-electron chi connectivity index (χ4n) is 5.19. The molecular weight excluding hydrogens is 467 g/mol. The Kier molecular flexibility index (Phi) is 5.02. The van der Waals surface area contributed by atoms with E-state index in [2.05, 4.69) is 15.4 Å². The molecule has 4 amide bonds. The number of nitrogens with one attached hydrogen (secondary N) is 1. The maximum Gasteiger partial charge on any atom is 0.325 e. The van der Waals surface area contributed by atoms with Gasteiger partial charge in [0.1, 0.15) is 30.3 Å². The minimum Gasteiger partial charge on any atom is -0.491 e. The first-order chi connectivity index (χ1) is 17.3. The van der Waals surface area contributed by atoms with Gasteiger partial charge < -0.3 is 15.0 Å². The zero-order valence-electron chi connectivity index (χ0n) is 19.5. The zero-order chi connectivity index (χ0) is 25.0. The van der Waals surface area contributed by atoms with Crippen LogP contribution in [0.2, 0.25) is 0 Å². The number of aromatic nitrogens is 3. The van der Waals surface area contributed by atoms with Gasteiger partial charge in [0.2, 0.25) is 5.91 Å². The first kappa shape index (κ1) is 22.2. The van der Waals surface area contributed by atoms with Crippen LogP contribution in [0.25, 0.3) is 11.3 Å². The van der Waals surface area contributed by atoms with E-state index in [1.165, 1.54) is 23.1 Å². The van der Waals surface area contributed by atoms with E-state index in [9.17, 15) is 18.8 Å². The molecule has 0 saturated carbocycles. The Morgan fingerprint density at radius 3 is 2.89 bits per heavy atom. The van der Waals surface area contributed by atoms with Crippen molar-refractivity contribution < 1.29 is 23.5 Å². The van der Waals surface area contributed by atoms with E-state index in [0.29, 0.717) is 29.7 Å². The maximum atomic E-state index is 13.7. The number of hydrogen-bond donors (Lipinski definition) is 1. The Bertz CT molecular complexity index is 1420. The summed E-state index contributed by atoms with van der Waals surface area (Å²) < 4.78 is 21.0. The number of imide groups is 1. The number of fused-ring (bicyclic) bond motifs is 3. The average Bonchev–Trinajstić information content (AvgIpc) is 3.46. The van der Waals surface area contributed by atoms with Crippen LogP contribution in [0.5, 0.6) is 5.75 Å². The normalized spacial score (nSPS) is 20.7. The summed E-state index contributed by atoms with van der Waals surface area (Å²) in [5.41, 5.74) is 2.48.